The Morgan fingerprint density at radius 1 is 0.833 bits per heavy atom. The molecule has 7 rings (SSSR count). The first-order valence-electron chi connectivity index (χ1n) is 10.3. The minimum atomic E-state index is -0.541. The van der Waals surface area contributed by atoms with Crippen LogP contribution in [0.25, 0.3) is 0 Å². The number of halogens is 1. The minimum Gasteiger partial charge on any atom is -0.274 e. The highest BCUT2D eigenvalue weighted by Gasteiger charge is 2.66. The largest absolute Gasteiger partial charge is 0.274 e. The number of hydrogen-bond acceptors (Lipinski definition) is 2. The van der Waals surface area contributed by atoms with Gasteiger partial charge in [-0.05, 0) is 46.9 Å². The third kappa shape index (κ3) is 1.92. The number of benzene rings is 3. The highest BCUT2D eigenvalue weighted by molar-refractivity contribution is 6.32. The molecule has 0 saturated carbocycles. The molecule has 3 aromatic rings. The van der Waals surface area contributed by atoms with Crippen molar-refractivity contribution in [2.24, 2.45) is 11.8 Å². The van der Waals surface area contributed by atoms with E-state index in [1.54, 1.807) is 12.1 Å². The third-order valence-corrected chi connectivity index (χ3v) is 7.93. The van der Waals surface area contributed by atoms with Crippen LogP contribution in [0.2, 0.25) is 5.02 Å². The van der Waals surface area contributed by atoms with Gasteiger partial charge in [-0.15, -0.1) is 0 Å². The Labute approximate surface area is 180 Å². The van der Waals surface area contributed by atoms with E-state index in [2.05, 4.69) is 31.2 Å². The first kappa shape index (κ1) is 17.9. The number of anilines is 1. The fraction of sp³-hybridized carbons (Fsp3) is 0.231. The normalized spacial score (nSPS) is 28.4. The second-order valence-corrected chi connectivity index (χ2v) is 9.16. The highest BCUT2D eigenvalue weighted by atomic mass is 35.5. The summed E-state index contributed by atoms with van der Waals surface area (Å²) < 4.78 is 0. The van der Waals surface area contributed by atoms with Crippen molar-refractivity contribution >= 4 is 29.1 Å². The Morgan fingerprint density at radius 3 is 2.07 bits per heavy atom. The highest BCUT2D eigenvalue weighted by Crippen LogP contribution is 2.64. The number of imide groups is 1. The number of carbonyl (C=O) groups excluding carboxylic acids is 2. The summed E-state index contributed by atoms with van der Waals surface area (Å²) in [6.45, 7) is 4.00. The van der Waals surface area contributed by atoms with Crippen LogP contribution in [0.15, 0.2) is 66.7 Å². The quantitative estimate of drug-likeness (QED) is 0.513. The van der Waals surface area contributed by atoms with E-state index in [0.717, 1.165) is 5.56 Å². The fourth-order valence-electron chi connectivity index (χ4n) is 6.23. The Bertz CT molecular complexity index is 1220. The summed E-state index contributed by atoms with van der Waals surface area (Å²) in [4.78, 5) is 29.1. The lowest BCUT2D eigenvalue weighted by atomic mass is 9.48. The Morgan fingerprint density at radius 2 is 1.43 bits per heavy atom. The molecule has 4 heteroatoms. The van der Waals surface area contributed by atoms with E-state index in [9.17, 15) is 9.59 Å². The number of amides is 2. The van der Waals surface area contributed by atoms with Crippen molar-refractivity contribution in [3.8, 4) is 0 Å². The molecule has 0 radical (unpaired) electrons. The summed E-state index contributed by atoms with van der Waals surface area (Å²) in [6.07, 6.45) is 0. The molecule has 1 aliphatic heterocycles. The first-order valence-corrected chi connectivity index (χ1v) is 10.7. The van der Waals surface area contributed by atoms with Crippen molar-refractivity contribution in [2.75, 3.05) is 4.90 Å². The second-order valence-electron chi connectivity index (χ2n) is 8.75. The van der Waals surface area contributed by atoms with Crippen LogP contribution in [0.5, 0.6) is 0 Å². The molecule has 1 heterocycles. The molecule has 1 saturated heterocycles. The number of hydrogen-bond donors (Lipinski definition) is 0. The Hall–Kier alpha value is -2.91. The van der Waals surface area contributed by atoms with Crippen LogP contribution >= 0.6 is 11.6 Å². The zero-order valence-corrected chi connectivity index (χ0v) is 17.5. The Balaban J connectivity index is 1.63. The lowest BCUT2D eigenvalue weighted by molar-refractivity contribution is -0.123. The van der Waals surface area contributed by atoms with Crippen molar-refractivity contribution in [1.29, 1.82) is 0 Å². The van der Waals surface area contributed by atoms with Gasteiger partial charge in [0.05, 0.1) is 17.5 Å². The molecular formula is C26H20ClNO2. The molecule has 0 aromatic heterocycles. The van der Waals surface area contributed by atoms with Crippen molar-refractivity contribution < 1.29 is 9.59 Å². The lowest BCUT2D eigenvalue weighted by Gasteiger charge is -2.52. The maximum atomic E-state index is 13.9. The van der Waals surface area contributed by atoms with Crippen molar-refractivity contribution in [2.45, 2.75) is 25.2 Å². The summed E-state index contributed by atoms with van der Waals surface area (Å²) in [5.74, 6) is -1.16. The maximum absolute atomic E-state index is 13.9. The molecule has 4 aliphatic rings. The molecule has 0 unspecified atom stereocenters. The lowest BCUT2D eigenvalue weighted by Crippen LogP contribution is -2.51. The number of nitrogens with zero attached hydrogens (tertiary/aromatic N) is 1. The van der Waals surface area contributed by atoms with Crippen LogP contribution in [-0.4, -0.2) is 11.8 Å². The smallest absolute Gasteiger partial charge is 0.238 e. The van der Waals surface area contributed by atoms with E-state index < -0.39 is 17.3 Å². The van der Waals surface area contributed by atoms with Crippen LogP contribution in [0, 0.1) is 18.8 Å². The van der Waals surface area contributed by atoms with Gasteiger partial charge in [-0.25, -0.2) is 4.90 Å². The van der Waals surface area contributed by atoms with Gasteiger partial charge >= 0.3 is 0 Å². The minimum absolute atomic E-state index is 0.106. The van der Waals surface area contributed by atoms with Gasteiger partial charge < -0.3 is 0 Å². The monoisotopic (exact) mass is 413 g/mol. The van der Waals surface area contributed by atoms with Gasteiger partial charge in [-0.3, -0.25) is 9.59 Å². The van der Waals surface area contributed by atoms with E-state index in [1.165, 1.54) is 27.2 Å². The molecule has 2 amide bonds. The van der Waals surface area contributed by atoms with Gasteiger partial charge in [0.2, 0.25) is 11.8 Å². The first-order chi connectivity index (χ1) is 14.5. The summed E-state index contributed by atoms with van der Waals surface area (Å²) in [5, 5.41) is 0.559. The fourth-order valence-corrected chi connectivity index (χ4v) is 6.40. The van der Waals surface area contributed by atoms with Crippen LogP contribution in [0.3, 0.4) is 0 Å². The van der Waals surface area contributed by atoms with E-state index in [-0.39, 0.29) is 17.7 Å². The number of carbonyl (C=O) groups is 2. The van der Waals surface area contributed by atoms with Crippen molar-refractivity contribution in [1.82, 2.24) is 0 Å². The molecule has 0 spiro atoms. The van der Waals surface area contributed by atoms with E-state index in [1.807, 2.05) is 37.3 Å². The second kappa shape index (κ2) is 5.83. The molecule has 2 atom stereocenters. The van der Waals surface area contributed by atoms with Gasteiger partial charge in [-0.2, -0.15) is 0 Å². The molecule has 3 aromatic carbocycles. The van der Waals surface area contributed by atoms with Crippen LogP contribution < -0.4 is 4.90 Å². The SMILES string of the molecule is Cc1c(Cl)cccc1N1C(=O)[C@@H]2C3c4ccccc4C(C)(c4ccccc43)[C@@H]2C1=O. The molecule has 3 nitrogen and oxygen atoms in total. The number of rotatable bonds is 1. The maximum Gasteiger partial charge on any atom is 0.238 e. The predicted octanol–water partition coefficient (Wildman–Crippen LogP) is 5.22. The van der Waals surface area contributed by atoms with E-state index in [0.29, 0.717) is 10.7 Å². The third-order valence-electron chi connectivity index (χ3n) is 7.52. The molecule has 2 bridgehead atoms. The average Bonchev–Trinajstić information content (AvgIpc) is 3.02. The summed E-state index contributed by atoms with van der Waals surface area (Å²) in [6, 6.07) is 22.0. The molecule has 0 N–H and O–H groups in total. The molecule has 148 valence electrons. The van der Waals surface area contributed by atoms with Gasteiger partial charge in [0.1, 0.15) is 0 Å². The molecule has 1 fully saturated rings. The summed E-state index contributed by atoms with van der Waals surface area (Å²) >= 11 is 6.33. The van der Waals surface area contributed by atoms with Gasteiger partial charge in [0.15, 0.2) is 0 Å². The predicted molar refractivity (Wildman–Crippen MR) is 117 cm³/mol. The van der Waals surface area contributed by atoms with E-state index >= 15 is 0 Å². The molecule has 3 aliphatic carbocycles. The molecular weight excluding hydrogens is 394 g/mol. The van der Waals surface area contributed by atoms with Gasteiger partial charge in [0.25, 0.3) is 0 Å². The van der Waals surface area contributed by atoms with Gasteiger partial charge in [-0.1, -0.05) is 73.1 Å². The summed E-state index contributed by atoms with van der Waals surface area (Å²) in [5.41, 5.74) is 5.49. The Kier molecular flexibility index (Phi) is 3.48. The van der Waals surface area contributed by atoms with Crippen molar-refractivity contribution in [3.63, 3.8) is 0 Å². The van der Waals surface area contributed by atoms with Crippen LogP contribution in [0.4, 0.5) is 5.69 Å². The van der Waals surface area contributed by atoms with Crippen molar-refractivity contribution in [3.05, 3.63) is 99.6 Å². The standard InChI is InChI=1S/C26H20ClNO2/c1-14-19(27)12-7-13-20(14)28-24(29)22-21-15-8-3-5-10-17(15)26(2,23(22)25(28)30)18-11-6-4-9-16(18)21/h3-13,21-23H,1-2H3/t21?,22-,23+,26?/m1/s1. The summed E-state index contributed by atoms with van der Waals surface area (Å²) in [7, 11) is 0. The topological polar surface area (TPSA) is 37.4 Å². The average molecular weight is 414 g/mol. The zero-order valence-electron chi connectivity index (χ0n) is 16.7. The van der Waals surface area contributed by atoms with Crippen LogP contribution in [0.1, 0.15) is 40.7 Å². The van der Waals surface area contributed by atoms with E-state index in [4.69, 9.17) is 11.6 Å². The zero-order chi connectivity index (χ0) is 20.8. The molecule has 30 heavy (non-hydrogen) atoms. The van der Waals surface area contributed by atoms with Gasteiger partial charge in [0, 0.05) is 16.4 Å². The van der Waals surface area contributed by atoms with Crippen LogP contribution in [-0.2, 0) is 15.0 Å².